The number of carbonyl (C=O) groups is 1. The molecule has 1 unspecified atom stereocenters. The van der Waals surface area contributed by atoms with Gasteiger partial charge in [-0.3, -0.25) is 4.79 Å². The highest BCUT2D eigenvalue weighted by molar-refractivity contribution is 5.69. The molecule has 0 N–H and O–H groups in total. The van der Waals surface area contributed by atoms with E-state index in [1.807, 2.05) is 0 Å². The second-order valence-corrected chi connectivity index (χ2v) is 5.60. The lowest BCUT2D eigenvalue weighted by atomic mass is 9.88. The number of hydrogen-bond donors (Lipinski definition) is 0. The zero-order valence-corrected chi connectivity index (χ0v) is 13.6. The summed E-state index contributed by atoms with van der Waals surface area (Å²) in [5.41, 5.74) is 2.14. The fourth-order valence-corrected chi connectivity index (χ4v) is 2.75. The number of aromatic nitrogens is 1. The summed E-state index contributed by atoms with van der Waals surface area (Å²) in [5, 5.41) is 12.3. The predicted molar refractivity (Wildman–Crippen MR) is 90.5 cm³/mol. The summed E-state index contributed by atoms with van der Waals surface area (Å²) in [4.78, 5) is 11.0. The Morgan fingerprint density at radius 1 is 1.00 bits per heavy atom. The molecule has 0 radical (unpaired) electrons. The van der Waals surface area contributed by atoms with Crippen LogP contribution in [-0.2, 0) is 4.79 Å². The molecule has 3 rings (SSSR count). The number of ether oxygens (including phenoxy) is 1. The van der Waals surface area contributed by atoms with Gasteiger partial charge in [-0.15, -0.1) is 0 Å². The Hall–Kier alpha value is -3.21. The van der Waals surface area contributed by atoms with Crippen LogP contribution in [0.5, 0.6) is 5.75 Å². The van der Waals surface area contributed by atoms with Crippen LogP contribution in [0, 0.1) is 11.0 Å². The molecule has 0 aliphatic heterocycles. The van der Waals surface area contributed by atoms with Crippen molar-refractivity contribution in [1.29, 1.82) is 0 Å². The number of carbonyl (C=O) groups excluding carboxylic acids is 1. The summed E-state index contributed by atoms with van der Waals surface area (Å²) in [6.07, 6.45) is 1.43. The smallest absolute Gasteiger partial charge is 0.308 e. The van der Waals surface area contributed by atoms with Gasteiger partial charge in [0, 0.05) is 19.1 Å². The molecule has 0 aliphatic carbocycles. The van der Waals surface area contributed by atoms with E-state index in [1.165, 1.54) is 25.3 Å². The van der Waals surface area contributed by atoms with Crippen LogP contribution < -0.4 is 9.47 Å². The zero-order chi connectivity index (χ0) is 17.8. The van der Waals surface area contributed by atoms with Crippen molar-refractivity contribution in [2.45, 2.75) is 12.8 Å². The van der Waals surface area contributed by atoms with Crippen molar-refractivity contribution in [3.63, 3.8) is 0 Å². The van der Waals surface area contributed by atoms with E-state index in [-0.39, 0.29) is 11.7 Å². The molecule has 1 heterocycles. The summed E-state index contributed by atoms with van der Waals surface area (Å²) < 4.78 is 19.1. The van der Waals surface area contributed by atoms with Crippen LogP contribution in [0.1, 0.15) is 29.7 Å². The van der Waals surface area contributed by atoms with Crippen LogP contribution in [0.2, 0.25) is 0 Å². The topological polar surface area (TPSA) is 53.2 Å². The Labute approximate surface area is 144 Å². The van der Waals surface area contributed by atoms with E-state index in [4.69, 9.17) is 4.74 Å². The first kappa shape index (κ1) is 16.6. The van der Waals surface area contributed by atoms with Crippen molar-refractivity contribution >= 4 is 5.97 Å². The normalized spacial score (nSPS) is 11.8. The van der Waals surface area contributed by atoms with Crippen molar-refractivity contribution < 1.29 is 18.7 Å². The number of benzene rings is 2. The van der Waals surface area contributed by atoms with Crippen LogP contribution in [0.3, 0.4) is 0 Å². The van der Waals surface area contributed by atoms with E-state index in [0.29, 0.717) is 11.4 Å². The lowest BCUT2D eigenvalue weighted by molar-refractivity contribution is -0.614. The van der Waals surface area contributed by atoms with Crippen LogP contribution in [0.4, 0.5) is 4.39 Å². The number of esters is 1. The highest BCUT2D eigenvalue weighted by atomic mass is 19.1. The third kappa shape index (κ3) is 3.83. The molecule has 1 aromatic heterocycles. The van der Waals surface area contributed by atoms with Crippen molar-refractivity contribution in [3.8, 4) is 5.75 Å². The molecule has 4 nitrogen and oxygen atoms in total. The number of pyridine rings is 1. The first-order valence-electron chi connectivity index (χ1n) is 7.76. The fraction of sp³-hybridized carbons (Fsp3) is 0.100. The molecule has 5 heteroatoms. The minimum absolute atomic E-state index is 0.337. The average molecular weight is 337 g/mol. The van der Waals surface area contributed by atoms with Gasteiger partial charge in [0.25, 0.3) is 0 Å². The van der Waals surface area contributed by atoms with Gasteiger partial charge in [0.1, 0.15) is 11.6 Å². The largest absolute Gasteiger partial charge is 0.618 e. The zero-order valence-electron chi connectivity index (χ0n) is 13.6. The van der Waals surface area contributed by atoms with Crippen molar-refractivity contribution in [3.05, 3.63) is 101 Å². The fourth-order valence-electron chi connectivity index (χ4n) is 2.75. The van der Waals surface area contributed by atoms with Crippen molar-refractivity contribution in [2.24, 2.45) is 0 Å². The second kappa shape index (κ2) is 7.13. The SMILES string of the molecule is CC(=O)Oc1ccc(C(c2ccc(F)cc2)c2cccc[n+]2[O-])cc1. The van der Waals surface area contributed by atoms with Gasteiger partial charge in [-0.2, -0.15) is 4.73 Å². The summed E-state index contributed by atoms with van der Waals surface area (Å²) >= 11 is 0. The van der Waals surface area contributed by atoms with E-state index in [9.17, 15) is 14.4 Å². The standard InChI is InChI=1S/C20H16FNO3/c1-14(23)25-18-11-7-16(8-12-18)20(15-5-9-17(21)10-6-15)19-4-2-3-13-22(19)24/h2-13,20H,1H3. The van der Waals surface area contributed by atoms with Gasteiger partial charge in [0.2, 0.25) is 5.69 Å². The number of rotatable bonds is 4. The van der Waals surface area contributed by atoms with Gasteiger partial charge in [0.15, 0.2) is 6.20 Å². The first-order chi connectivity index (χ1) is 12.0. The molecule has 0 saturated carbocycles. The minimum atomic E-state index is -0.400. The van der Waals surface area contributed by atoms with Crippen LogP contribution in [0.15, 0.2) is 72.9 Å². The molecule has 0 fully saturated rings. The molecule has 3 aromatic rings. The summed E-state index contributed by atoms with van der Waals surface area (Å²) in [7, 11) is 0. The monoisotopic (exact) mass is 337 g/mol. The molecule has 126 valence electrons. The molecule has 0 saturated heterocycles. The van der Waals surface area contributed by atoms with E-state index in [2.05, 4.69) is 0 Å². The van der Waals surface area contributed by atoms with E-state index >= 15 is 0 Å². The quantitative estimate of drug-likeness (QED) is 0.316. The molecule has 1 atom stereocenters. The van der Waals surface area contributed by atoms with Gasteiger partial charge in [-0.25, -0.2) is 4.39 Å². The Balaban J connectivity index is 2.06. The van der Waals surface area contributed by atoms with Crippen molar-refractivity contribution in [1.82, 2.24) is 0 Å². The maximum Gasteiger partial charge on any atom is 0.308 e. The van der Waals surface area contributed by atoms with E-state index in [1.54, 1.807) is 54.6 Å². The van der Waals surface area contributed by atoms with Gasteiger partial charge in [-0.05, 0) is 41.5 Å². The molecule has 0 spiro atoms. The molecule has 0 amide bonds. The molecular weight excluding hydrogens is 321 g/mol. The van der Waals surface area contributed by atoms with E-state index in [0.717, 1.165) is 15.9 Å². The molecule has 0 aliphatic rings. The van der Waals surface area contributed by atoms with Gasteiger partial charge in [-0.1, -0.05) is 24.3 Å². The molecule has 25 heavy (non-hydrogen) atoms. The first-order valence-corrected chi connectivity index (χ1v) is 7.76. The third-order valence-electron chi connectivity index (χ3n) is 3.83. The lowest BCUT2D eigenvalue weighted by Gasteiger charge is -2.17. The summed E-state index contributed by atoms with van der Waals surface area (Å²) in [6.45, 7) is 1.33. The molecule has 2 aromatic carbocycles. The Morgan fingerprint density at radius 2 is 1.60 bits per heavy atom. The Morgan fingerprint density at radius 3 is 2.16 bits per heavy atom. The van der Waals surface area contributed by atoms with E-state index < -0.39 is 5.97 Å². The Bertz CT molecular complexity index is 876. The summed E-state index contributed by atoms with van der Waals surface area (Å²) in [5.74, 6) is -0.679. The van der Waals surface area contributed by atoms with Crippen LogP contribution >= 0.6 is 0 Å². The lowest BCUT2D eigenvalue weighted by Crippen LogP contribution is -2.33. The third-order valence-corrected chi connectivity index (χ3v) is 3.83. The highest BCUT2D eigenvalue weighted by Gasteiger charge is 2.24. The molecule has 0 bridgehead atoms. The second-order valence-electron chi connectivity index (χ2n) is 5.60. The van der Waals surface area contributed by atoms with Gasteiger partial charge in [0.05, 0.1) is 5.92 Å². The predicted octanol–water partition coefficient (Wildman–Crippen LogP) is 3.56. The minimum Gasteiger partial charge on any atom is -0.618 e. The van der Waals surface area contributed by atoms with Crippen LogP contribution in [-0.4, -0.2) is 5.97 Å². The average Bonchev–Trinajstić information content (AvgIpc) is 2.59. The maximum atomic E-state index is 13.3. The highest BCUT2D eigenvalue weighted by Crippen LogP contribution is 2.31. The Kier molecular flexibility index (Phi) is 4.75. The van der Waals surface area contributed by atoms with Gasteiger partial charge >= 0.3 is 5.97 Å². The summed E-state index contributed by atoms with van der Waals surface area (Å²) in [6, 6.07) is 18.2. The number of nitrogens with zero attached hydrogens (tertiary/aromatic N) is 1. The molecular formula is C20H16FNO3. The number of hydrogen-bond acceptors (Lipinski definition) is 3. The maximum absolute atomic E-state index is 13.3. The van der Waals surface area contributed by atoms with Crippen LogP contribution in [0.25, 0.3) is 0 Å². The van der Waals surface area contributed by atoms with Gasteiger partial charge < -0.3 is 9.94 Å². The van der Waals surface area contributed by atoms with Crippen molar-refractivity contribution in [2.75, 3.05) is 0 Å². The number of halogens is 1.